The molecule has 0 bridgehead atoms. The van der Waals surface area contributed by atoms with Crippen LogP contribution >= 0.6 is 11.6 Å². The predicted octanol–water partition coefficient (Wildman–Crippen LogP) is 0.440. The highest BCUT2D eigenvalue weighted by molar-refractivity contribution is 6.30. The molecule has 2 aromatic carbocycles. The first-order valence-corrected chi connectivity index (χ1v) is 10.00. The van der Waals surface area contributed by atoms with E-state index >= 15 is 0 Å². The van der Waals surface area contributed by atoms with Gasteiger partial charge in [0.1, 0.15) is 13.1 Å². The van der Waals surface area contributed by atoms with Gasteiger partial charge in [-0.1, -0.05) is 29.8 Å². The lowest BCUT2D eigenvalue weighted by Gasteiger charge is -2.33. The molecule has 0 radical (unpaired) electrons. The Labute approximate surface area is 173 Å². The van der Waals surface area contributed by atoms with Gasteiger partial charge in [-0.2, -0.15) is 0 Å². The van der Waals surface area contributed by atoms with E-state index in [-0.39, 0.29) is 12.1 Å². The second-order valence-electron chi connectivity index (χ2n) is 7.30. The van der Waals surface area contributed by atoms with Crippen molar-refractivity contribution in [3.8, 4) is 0 Å². The minimum absolute atomic E-state index is 0.159. The lowest BCUT2D eigenvalue weighted by Crippen LogP contribution is -3.13. The molecule has 2 heterocycles. The first-order chi connectivity index (χ1) is 14.0. The highest BCUT2D eigenvalue weighted by Crippen LogP contribution is 2.19. The van der Waals surface area contributed by atoms with E-state index < -0.39 is 5.91 Å². The van der Waals surface area contributed by atoms with Crippen molar-refractivity contribution in [2.45, 2.75) is 13.1 Å². The van der Waals surface area contributed by atoms with Crippen molar-refractivity contribution in [3.63, 3.8) is 0 Å². The van der Waals surface area contributed by atoms with Gasteiger partial charge in [0.2, 0.25) is 5.91 Å². The molecule has 1 fully saturated rings. The van der Waals surface area contributed by atoms with E-state index in [0.29, 0.717) is 23.3 Å². The Morgan fingerprint density at radius 1 is 1.14 bits per heavy atom. The van der Waals surface area contributed by atoms with Crippen LogP contribution in [0.4, 0.5) is 5.69 Å². The highest BCUT2D eigenvalue weighted by Gasteiger charge is 2.23. The van der Waals surface area contributed by atoms with Gasteiger partial charge in [-0.3, -0.25) is 14.2 Å². The standard InChI is InChI=1S/C21H22ClN5O2/c22-15-4-3-5-16(12-15)26-10-8-25(9-11-26)14-20-24-18-7-2-1-6-17(18)21(29)27(20)13-19(23)28/h1-7,12H,8-11,13-14H2,(H2,23,28)/p+1. The first-order valence-electron chi connectivity index (χ1n) is 9.62. The number of carbonyl (C=O) groups is 1. The number of primary amides is 1. The van der Waals surface area contributed by atoms with E-state index in [9.17, 15) is 9.59 Å². The summed E-state index contributed by atoms with van der Waals surface area (Å²) in [6.07, 6.45) is 0. The summed E-state index contributed by atoms with van der Waals surface area (Å²) in [5, 5.41) is 1.23. The van der Waals surface area contributed by atoms with Gasteiger partial charge in [-0.25, -0.2) is 4.98 Å². The third-order valence-corrected chi connectivity index (χ3v) is 5.54. The van der Waals surface area contributed by atoms with Gasteiger partial charge in [0.25, 0.3) is 5.56 Å². The summed E-state index contributed by atoms with van der Waals surface area (Å²) < 4.78 is 1.42. The Morgan fingerprint density at radius 2 is 1.90 bits per heavy atom. The number of benzene rings is 2. The van der Waals surface area contributed by atoms with Gasteiger partial charge in [0.05, 0.1) is 37.1 Å². The van der Waals surface area contributed by atoms with E-state index in [1.165, 1.54) is 9.47 Å². The summed E-state index contributed by atoms with van der Waals surface area (Å²) in [6, 6.07) is 15.1. The molecule has 1 amide bonds. The number of nitrogens with one attached hydrogen (secondary N) is 1. The van der Waals surface area contributed by atoms with Crippen molar-refractivity contribution in [3.05, 3.63) is 69.7 Å². The van der Waals surface area contributed by atoms with Crippen LogP contribution in [0.5, 0.6) is 0 Å². The molecule has 0 aliphatic carbocycles. The fourth-order valence-electron chi connectivity index (χ4n) is 3.82. The number of quaternary nitrogens is 1. The Balaban J connectivity index is 1.55. The zero-order valence-corrected chi connectivity index (χ0v) is 16.7. The van der Waals surface area contributed by atoms with E-state index in [2.05, 4.69) is 16.0 Å². The Bertz CT molecular complexity index is 1110. The molecule has 0 saturated carbocycles. The van der Waals surface area contributed by atoms with Gasteiger partial charge in [-0.05, 0) is 30.3 Å². The zero-order chi connectivity index (χ0) is 20.4. The van der Waals surface area contributed by atoms with Crippen LogP contribution in [0.15, 0.2) is 53.3 Å². The average Bonchev–Trinajstić information content (AvgIpc) is 2.71. The third kappa shape index (κ3) is 4.26. The maximum Gasteiger partial charge on any atom is 0.262 e. The van der Waals surface area contributed by atoms with Crippen LogP contribution in [0.3, 0.4) is 0 Å². The normalized spacial score (nSPS) is 15.0. The molecule has 1 aliphatic rings. The number of aromatic nitrogens is 2. The van der Waals surface area contributed by atoms with Crippen LogP contribution in [0.25, 0.3) is 10.9 Å². The highest BCUT2D eigenvalue weighted by atomic mass is 35.5. The number of rotatable bonds is 5. The van der Waals surface area contributed by atoms with Gasteiger partial charge in [0, 0.05) is 10.7 Å². The molecular formula is C21H23ClN5O2+. The zero-order valence-electron chi connectivity index (χ0n) is 16.0. The first kappa shape index (κ1) is 19.4. The maximum absolute atomic E-state index is 12.9. The van der Waals surface area contributed by atoms with Gasteiger partial charge in [0.15, 0.2) is 5.82 Å². The Hall–Kier alpha value is -2.90. The third-order valence-electron chi connectivity index (χ3n) is 5.31. The molecule has 1 saturated heterocycles. The van der Waals surface area contributed by atoms with E-state index in [1.54, 1.807) is 12.1 Å². The predicted molar refractivity (Wildman–Crippen MR) is 113 cm³/mol. The van der Waals surface area contributed by atoms with Crippen LogP contribution in [0.2, 0.25) is 5.02 Å². The Kier molecular flexibility index (Phi) is 5.51. The molecular weight excluding hydrogens is 390 g/mol. The molecule has 8 heteroatoms. The molecule has 3 N–H and O–H groups in total. The smallest absolute Gasteiger partial charge is 0.262 e. The van der Waals surface area contributed by atoms with Crippen LogP contribution in [0, 0.1) is 0 Å². The number of fused-ring (bicyclic) bond motifs is 1. The molecule has 150 valence electrons. The number of para-hydroxylation sites is 1. The van der Waals surface area contributed by atoms with Crippen molar-refractivity contribution in [1.82, 2.24) is 9.55 Å². The average molecular weight is 413 g/mol. The van der Waals surface area contributed by atoms with Crippen LogP contribution < -0.4 is 21.1 Å². The summed E-state index contributed by atoms with van der Waals surface area (Å²) in [5.41, 5.74) is 6.92. The summed E-state index contributed by atoms with van der Waals surface area (Å²) in [4.78, 5) is 32.7. The number of nitrogens with two attached hydrogens (primary N) is 1. The largest absolute Gasteiger partial charge is 0.368 e. The SMILES string of the molecule is NC(=O)Cn1c(C[NH+]2CCN(c3cccc(Cl)c3)CC2)nc2ccccc2c1=O. The fraction of sp³-hybridized carbons (Fsp3) is 0.286. The second-order valence-corrected chi connectivity index (χ2v) is 7.73. The summed E-state index contributed by atoms with van der Waals surface area (Å²) >= 11 is 6.11. The number of halogens is 1. The van der Waals surface area contributed by atoms with Crippen molar-refractivity contribution in [1.29, 1.82) is 0 Å². The lowest BCUT2D eigenvalue weighted by molar-refractivity contribution is -0.915. The van der Waals surface area contributed by atoms with Crippen molar-refractivity contribution in [2.75, 3.05) is 31.1 Å². The second kappa shape index (κ2) is 8.23. The van der Waals surface area contributed by atoms with Crippen LogP contribution in [-0.4, -0.2) is 41.6 Å². The molecule has 0 atom stereocenters. The molecule has 3 aromatic rings. The van der Waals surface area contributed by atoms with Gasteiger partial charge >= 0.3 is 0 Å². The maximum atomic E-state index is 12.9. The molecule has 1 aliphatic heterocycles. The number of amides is 1. The van der Waals surface area contributed by atoms with Crippen molar-refractivity contribution >= 4 is 34.1 Å². The number of hydrogen-bond acceptors (Lipinski definition) is 4. The lowest BCUT2D eigenvalue weighted by atomic mass is 10.2. The number of nitrogens with zero attached hydrogens (tertiary/aromatic N) is 3. The van der Waals surface area contributed by atoms with Crippen molar-refractivity contribution < 1.29 is 9.69 Å². The minimum Gasteiger partial charge on any atom is -0.368 e. The molecule has 1 aromatic heterocycles. The number of piperazine rings is 1. The number of anilines is 1. The van der Waals surface area contributed by atoms with Gasteiger partial charge < -0.3 is 15.5 Å². The topological polar surface area (TPSA) is 85.7 Å². The van der Waals surface area contributed by atoms with E-state index in [0.717, 1.165) is 36.9 Å². The fourth-order valence-corrected chi connectivity index (χ4v) is 4.01. The molecule has 7 nitrogen and oxygen atoms in total. The Morgan fingerprint density at radius 3 is 2.62 bits per heavy atom. The van der Waals surface area contributed by atoms with E-state index in [4.69, 9.17) is 17.3 Å². The molecule has 4 rings (SSSR count). The summed E-state index contributed by atoms with van der Waals surface area (Å²) in [7, 11) is 0. The summed E-state index contributed by atoms with van der Waals surface area (Å²) in [6.45, 7) is 3.95. The minimum atomic E-state index is -0.550. The monoisotopic (exact) mass is 412 g/mol. The summed E-state index contributed by atoms with van der Waals surface area (Å²) in [5.74, 6) is 0.0462. The molecule has 29 heavy (non-hydrogen) atoms. The number of carbonyl (C=O) groups excluding carboxylic acids is 1. The van der Waals surface area contributed by atoms with Crippen LogP contribution in [-0.2, 0) is 17.9 Å². The van der Waals surface area contributed by atoms with Crippen molar-refractivity contribution in [2.24, 2.45) is 5.73 Å². The van der Waals surface area contributed by atoms with Gasteiger partial charge in [-0.15, -0.1) is 0 Å². The van der Waals surface area contributed by atoms with E-state index in [1.807, 2.05) is 30.3 Å². The van der Waals surface area contributed by atoms with Crippen LogP contribution in [0.1, 0.15) is 5.82 Å². The quantitative estimate of drug-likeness (QED) is 0.636. The molecule has 0 unspecified atom stereocenters. The number of hydrogen-bond donors (Lipinski definition) is 2. The molecule has 0 spiro atoms.